The molecule has 0 fully saturated rings. The molecule has 16 heavy (non-hydrogen) atoms. The second kappa shape index (κ2) is 5.12. The minimum absolute atomic E-state index is 0.116. The fourth-order valence-electron chi connectivity index (χ4n) is 1.30. The molecule has 0 saturated heterocycles. The van der Waals surface area contributed by atoms with Crippen molar-refractivity contribution in [3.05, 3.63) is 50.2 Å². The van der Waals surface area contributed by atoms with E-state index in [1.165, 1.54) is 0 Å². The Labute approximate surface area is 99.9 Å². The molecule has 1 rings (SSSR count). The van der Waals surface area contributed by atoms with E-state index >= 15 is 0 Å². The second-order valence-corrected chi connectivity index (χ2v) is 4.40. The quantitative estimate of drug-likeness (QED) is 0.593. The Bertz CT molecular complexity index is 439. The lowest BCUT2D eigenvalue weighted by molar-refractivity contribution is -0.431. The molecule has 0 amide bonds. The highest BCUT2D eigenvalue weighted by atomic mass is 35.5. The number of hydrogen-bond acceptors (Lipinski definition) is 2. The molecule has 86 valence electrons. The van der Waals surface area contributed by atoms with Gasteiger partial charge in [0.25, 0.3) is 0 Å². The number of aryl methyl sites for hydroxylation is 1. The molecular formula is C12H14ClNO2. The standard InChI is InChI=1S/C12H14ClNO2/c1-8(2)12(14(15)16)7-10-5-4-9(3)11(13)6-10/h4-8H,1-3H3/b12-7-. The van der Waals surface area contributed by atoms with Crippen LogP contribution in [0, 0.1) is 23.0 Å². The van der Waals surface area contributed by atoms with E-state index in [1.807, 2.05) is 19.1 Å². The molecule has 0 radical (unpaired) electrons. The molecule has 0 aromatic heterocycles. The first-order valence-corrected chi connectivity index (χ1v) is 5.41. The summed E-state index contributed by atoms with van der Waals surface area (Å²) in [6.07, 6.45) is 1.57. The van der Waals surface area contributed by atoms with E-state index in [2.05, 4.69) is 0 Å². The van der Waals surface area contributed by atoms with Crippen LogP contribution >= 0.6 is 11.6 Å². The summed E-state index contributed by atoms with van der Waals surface area (Å²) in [5, 5.41) is 11.4. The summed E-state index contributed by atoms with van der Waals surface area (Å²) in [6.45, 7) is 5.49. The van der Waals surface area contributed by atoms with Crippen LogP contribution in [-0.4, -0.2) is 4.92 Å². The highest BCUT2D eigenvalue weighted by Crippen LogP contribution is 2.20. The van der Waals surface area contributed by atoms with Gasteiger partial charge in [-0.2, -0.15) is 0 Å². The van der Waals surface area contributed by atoms with E-state index in [9.17, 15) is 10.1 Å². The molecule has 0 aliphatic rings. The Balaban J connectivity index is 3.13. The lowest BCUT2D eigenvalue weighted by Crippen LogP contribution is -2.05. The SMILES string of the molecule is Cc1ccc(/C=C(/C(C)C)[N+](=O)[O-])cc1Cl. The Morgan fingerprint density at radius 1 is 1.50 bits per heavy atom. The van der Waals surface area contributed by atoms with E-state index in [0.29, 0.717) is 5.02 Å². The molecule has 0 atom stereocenters. The van der Waals surface area contributed by atoms with Gasteiger partial charge >= 0.3 is 0 Å². The van der Waals surface area contributed by atoms with Crippen LogP contribution in [0.25, 0.3) is 6.08 Å². The first-order valence-electron chi connectivity index (χ1n) is 5.04. The molecule has 4 heteroatoms. The summed E-state index contributed by atoms with van der Waals surface area (Å²) >= 11 is 5.96. The number of benzene rings is 1. The molecule has 0 heterocycles. The number of allylic oxidation sites excluding steroid dienone is 1. The smallest absolute Gasteiger partial charge is 0.249 e. The van der Waals surface area contributed by atoms with Crippen LogP contribution < -0.4 is 0 Å². The number of rotatable bonds is 3. The van der Waals surface area contributed by atoms with Gasteiger partial charge in [0, 0.05) is 17.0 Å². The molecule has 0 unspecified atom stereocenters. The zero-order valence-electron chi connectivity index (χ0n) is 9.53. The Morgan fingerprint density at radius 3 is 2.56 bits per heavy atom. The van der Waals surface area contributed by atoms with Gasteiger partial charge in [-0.1, -0.05) is 37.6 Å². The first kappa shape index (κ1) is 12.7. The average Bonchev–Trinajstić information content (AvgIpc) is 2.18. The maximum absolute atomic E-state index is 10.8. The molecule has 0 aliphatic carbocycles. The van der Waals surface area contributed by atoms with Crippen LogP contribution in [0.1, 0.15) is 25.0 Å². The Morgan fingerprint density at radius 2 is 2.12 bits per heavy atom. The third-order valence-electron chi connectivity index (χ3n) is 2.31. The summed E-state index contributed by atoms with van der Waals surface area (Å²) in [7, 11) is 0. The van der Waals surface area contributed by atoms with Crippen molar-refractivity contribution in [1.29, 1.82) is 0 Å². The van der Waals surface area contributed by atoms with Crippen molar-refractivity contribution in [3.8, 4) is 0 Å². The zero-order valence-corrected chi connectivity index (χ0v) is 10.3. The fourth-order valence-corrected chi connectivity index (χ4v) is 1.49. The van der Waals surface area contributed by atoms with Crippen LogP contribution in [-0.2, 0) is 0 Å². The average molecular weight is 240 g/mol. The molecule has 1 aromatic rings. The van der Waals surface area contributed by atoms with Gasteiger partial charge in [0.15, 0.2) is 0 Å². The van der Waals surface area contributed by atoms with Gasteiger partial charge in [0.1, 0.15) is 0 Å². The zero-order chi connectivity index (χ0) is 12.3. The van der Waals surface area contributed by atoms with Gasteiger partial charge in [-0.3, -0.25) is 10.1 Å². The van der Waals surface area contributed by atoms with Crippen LogP contribution in [0.2, 0.25) is 5.02 Å². The van der Waals surface area contributed by atoms with Crippen LogP contribution in [0.15, 0.2) is 23.9 Å². The normalized spacial score (nSPS) is 11.9. The summed E-state index contributed by atoms with van der Waals surface area (Å²) in [5.41, 5.74) is 1.92. The van der Waals surface area contributed by atoms with Crippen molar-refractivity contribution in [2.24, 2.45) is 5.92 Å². The van der Waals surface area contributed by atoms with Gasteiger partial charge in [0.2, 0.25) is 5.70 Å². The molecule has 0 N–H and O–H groups in total. The summed E-state index contributed by atoms with van der Waals surface area (Å²) in [4.78, 5) is 10.5. The van der Waals surface area contributed by atoms with Crippen molar-refractivity contribution < 1.29 is 4.92 Å². The third kappa shape index (κ3) is 3.07. The van der Waals surface area contributed by atoms with Crippen LogP contribution in [0.4, 0.5) is 0 Å². The van der Waals surface area contributed by atoms with Crippen molar-refractivity contribution >= 4 is 17.7 Å². The van der Waals surface area contributed by atoms with E-state index in [0.717, 1.165) is 11.1 Å². The molecule has 0 aliphatic heterocycles. The summed E-state index contributed by atoms with van der Waals surface area (Å²) in [6, 6.07) is 5.42. The van der Waals surface area contributed by atoms with Crippen LogP contribution in [0.3, 0.4) is 0 Å². The Kier molecular flexibility index (Phi) is 4.07. The van der Waals surface area contributed by atoms with Crippen molar-refractivity contribution in [1.82, 2.24) is 0 Å². The molecule has 0 saturated carbocycles. The van der Waals surface area contributed by atoms with Gasteiger partial charge in [0.05, 0.1) is 4.92 Å². The van der Waals surface area contributed by atoms with Gasteiger partial charge < -0.3 is 0 Å². The maximum atomic E-state index is 10.8. The Hall–Kier alpha value is -1.35. The number of nitro groups is 1. The monoisotopic (exact) mass is 239 g/mol. The lowest BCUT2D eigenvalue weighted by atomic mass is 10.1. The number of hydrogen-bond donors (Lipinski definition) is 0. The second-order valence-electron chi connectivity index (χ2n) is 3.99. The summed E-state index contributed by atoms with van der Waals surface area (Å²) < 4.78 is 0. The van der Waals surface area contributed by atoms with Gasteiger partial charge in [-0.15, -0.1) is 0 Å². The molecule has 0 spiro atoms. The molecule has 1 aromatic carbocycles. The first-order chi connectivity index (χ1) is 7.41. The highest BCUT2D eigenvalue weighted by Gasteiger charge is 2.15. The van der Waals surface area contributed by atoms with Crippen LogP contribution in [0.5, 0.6) is 0 Å². The predicted molar refractivity (Wildman–Crippen MR) is 66.0 cm³/mol. The molecule has 0 bridgehead atoms. The number of nitrogens with zero attached hydrogens (tertiary/aromatic N) is 1. The van der Waals surface area contributed by atoms with Crippen molar-refractivity contribution in [3.63, 3.8) is 0 Å². The number of halogens is 1. The molecule has 3 nitrogen and oxygen atoms in total. The summed E-state index contributed by atoms with van der Waals surface area (Å²) in [5.74, 6) is -0.116. The highest BCUT2D eigenvalue weighted by molar-refractivity contribution is 6.31. The lowest BCUT2D eigenvalue weighted by Gasteiger charge is -2.03. The van der Waals surface area contributed by atoms with E-state index < -0.39 is 0 Å². The predicted octanol–water partition coefficient (Wildman–Crippen LogP) is 3.92. The maximum Gasteiger partial charge on any atom is 0.249 e. The topological polar surface area (TPSA) is 43.1 Å². The van der Waals surface area contributed by atoms with E-state index in [1.54, 1.807) is 26.0 Å². The van der Waals surface area contributed by atoms with E-state index in [-0.39, 0.29) is 16.5 Å². The van der Waals surface area contributed by atoms with Crippen molar-refractivity contribution in [2.45, 2.75) is 20.8 Å². The largest absolute Gasteiger partial charge is 0.259 e. The van der Waals surface area contributed by atoms with Gasteiger partial charge in [-0.05, 0) is 24.1 Å². The van der Waals surface area contributed by atoms with E-state index in [4.69, 9.17) is 11.6 Å². The fraction of sp³-hybridized carbons (Fsp3) is 0.333. The van der Waals surface area contributed by atoms with Crippen molar-refractivity contribution in [2.75, 3.05) is 0 Å². The molecular weight excluding hydrogens is 226 g/mol. The minimum atomic E-state index is -0.349. The van der Waals surface area contributed by atoms with Gasteiger partial charge in [-0.25, -0.2) is 0 Å². The minimum Gasteiger partial charge on any atom is -0.259 e. The third-order valence-corrected chi connectivity index (χ3v) is 2.72.